The highest BCUT2D eigenvalue weighted by Gasteiger charge is 2.26. The van der Waals surface area contributed by atoms with Crippen LogP contribution in [0.4, 0.5) is 0 Å². The average Bonchev–Trinajstić information content (AvgIpc) is 2.55. The third-order valence-electron chi connectivity index (χ3n) is 4.08. The molecule has 2 aromatic heterocycles. The molecular formula is C18H13BrN2O5. The summed E-state index contributed by atoms with van der Waals surface area (Å²) in [5.74, 6) is -3.25. The van der Waals surface area contributed by atoms with Crippen LogP contribution < -0.4 is 0 Å². The van der Waals surface area contributed by atoms with Crippen LogP contribution in [-0.2, 0) is 0 Å². The van der Waals surface area contributed by atoms with Gasteiger partial charge in [-0.05, 0) is 31.0 Å². The number of pyridine rings is 2. The van der Waals surface area contributed by atoms with Crippen molar-refractivity contribution in [1.29, 1.82) is 0 Å². The number of halogens is 1. The summed E-state index contributed by atoms with van der Waals surface area (Å²) in [5, 5.41) is 29.3. The minimum absolute atomic E-state index is 0.111. The Bertz CT molecular complexity index is 1090. The first kappa shape index (κ1) is 17.8. The van der Waals surface area contributed by atoms with Crippen molar-refractivity contribution in [2.45, 2.75) is 13.8 Å². The van der Waals surface area contributed by atoms with Gasteiger partial charge in [0.25, 0.3) is 0 Å². The minimum atomic E-state index is -1.36. The topological polar surface area (TPSA) is 121 Å². The lowest BCUT2D eigenvalue weighted by Gasteiger charge is -2.16. The number of hydrogen-bond donors (Lipinski definition) is 3. The van der Waals surface area contributed by atoms with Crippen LogP contribution in [0.3, 0.4) is 0 Å². The van der Waals surface area contributed by atoms with Crippen LogP contribution in [-0.4, -0.2) is 37.2 Å². The van der Waals surface area contributed by atoms with Gasteiger partial charge in [0.1, 0.15) is 16.6 Å². The standard InChI is InChI=1S/C18H13BrN2O5/c1-7-11(9-5-3-4-6-10(9)19)14-15(21-13(7)18(25)26)16(22)12(17(23)24)8(2)20-14/h3-6H,1-2H3,(H,20,22)(H,23,24)(H,25,26). The van der Waals surface area contributed by atoms with Crippen LogP contribution >= 0.6 is 15.9 Å². The van der Waals surface area contributed by atoms with Crippen molar-refractivity contribution in [3.05, 3.63) is 51.3 Å². The normalized spacial score (nSPS) is 10.9. The third kappa shape index (κ3) is 2.68. The summed E-state index contributed by atoms with van der Waals surface area (Å²) in [6, 6.07) is 7.16. The monoisotopic (exact) mass is 416 g/mol. The van der Waals surface area contributed by atoms with Crippen LogP contribution in [0.25, 0.3) is 22.2 Å². The fraction of sp³-hybridized carbons (Fsp3) is 0.111. The Morgan fingerprint density at radius 2 is 1.65 bits per heavy atom. The van der Waals surface area contributed by atoms with E-state index >= 15 is 0 Å². The summed E-state index contributed by atoms with van der Waals surface area (Å²) in [6.45, 7) is 3.07. The van der Waals surface area contributed by atoms with E-state index in [2.05, 4.69) is 25.9 Å². The Kier molecular flexibility index (Phi) is 4.37. The van der Waals surface area contributed by atoms with Gasteiger partial charge < -0.3 is 15.3 Å². The molecule has 8 heteroatoms. The zero-order chi connectivity index (χ0) is 19.2. The Balaban J connectivity index is 2.58. The minimum Gasteiger partial charge on any atom is -0.505 e. The molecule has 2 heterocycles. The van der Waals surface area contributed by atoms with E-state index in [0.717, 1.165) is 0 Å². The number of aromatic carboxylic acids is 2. The number of benzene rings is 1. The molecule has 1 aromatic carbocycles. The van der Waals surface area contributed by atoms with E-state index in [4.69, 9.17) is 0 Å². The van der Waals surface area contributed by atoms with Gasteiger partial charge in [0.15, 0.2) is 11.4 Å². The van der Waals surface area contributed by atoms with Crippen LogP contribution in [0, 0.1) is 13.8 Å². The Morgan fingerprint density at radius 3 is 2.23 bits per heavy atom. The van der Waals surface area contributed by atoms with Gasteiger partial charge in [-0.2, -0.15) is 0 Å². The van der Waals surface area contributed by atoms with E-state index in [-0.39, 0.29) is 22.4 Å². The van der Waals surface area contributed by atoms with E-state index in [1.807, 2.05) is 6.07 Å². The molecule has 0 atom stereocenters. The van der Waals surface area contributed by atoms with Gasteiger partial charge in [0.05, 0.1) is 5.69 Å². The first-order valence-corrected chi connectivity index (χ1v) is 8.28. The lowest BCUT2D eigenvalue weighted by molar-refractivity contribution is 0.0681. The maximum Gasteiger partial charge on any atom is 0.354 e. The molecule has 0 aliphatic carbocycles. The second-order valence-corrected chi connectivity index (χ2v) is 6.52. The molecule has 132 valence electrons. The second-order valence-electron chi connectivity index (χ2n) is 5.67. The number of aromatic nitrogens is 2. The average molecular weight is 417 g/mol. The highest BCUT2D eigenvalue weighted by molar-refractivity contribution is 9.10. The third-order valence-corrected chi connectivity index (χ3v) is 4.77. The van der Waals surface area contributed by atoms with Crippen LogP contribution in [0.2, 0.25) is 0 Å². The van der Waals surface area contributed by atoms with E-state index in [0.29, 0.717) is 21.2 Å². The van der Waals surface area contributed by atoms with Crippen molar-refractivity contribution >= 4 is 38.9 Å². The molecule has 3 N–H and O–H groups in total. The van der Waals surface area contributed by atoms with Crippen molar-refractivity contribution < 1.29 is 24.9 Å². The van der Waals surface area contributed by atoms with Gasteiger partial charge >= 0.3 is 11.9 Å². The first-order chi connectivity index (χ1) is 12.2. The molecule has 7 nitrogen and oxygen atoms in total. The molecule has 0 fully saturated rings. The lowest BCUT2D eigenvalue weighted by Crippen LogP contribution is -2.10. The summed E-state index contributed by atoms with van der Waals surface area (Å²) in [7, 11) is 0. The number of aromatic hydroxyl groups is 1. The quantitative estimate of drug-likeness (QED) is 0.593. The molecule has 0 aliphatic rings. The fourth-order valence-corrected chi connectivity index (χ4v) is 3.39. The fourth-order valence-electron chi connectivity index (χ4n) is 2.91. The molecule has 0 unspecified atom stereocenters. The van der Waals surface area contributed by atoms with Crippen molar-refractivity contribution in [2.75, 3.05) is 0 Å². The number of rotatable bonds is 3. The highest BCUT2D eigenvalue weighted by atomic mass is 79.9. The van der Waals surface area contributed by atoms with Gasteiger partial charge in [-0.15, -0.1) is 0 Å². The largest absolute Gasteiger partial charge is 0.505 e. The molecule has 26 heavy (non-hydrogen) atoms. The highest BCUT2D eigenvalue weighted by Crippen LogP contribution is 2.39. The van der Waals surface area contributed by atoms with E-state index in [1.165, 1.54) is 6.92 Å². The Labute approximate surface area is 156 Å². The van der Waals surface area contributed by atoms with E-state index < -0.39 is 23.3 Å². The summed E-state index contributed by atoms with van der Waals surface area (Å²) >= 11 is 3.44. The summed E-state index contributed by atoms with van der Waals surface area (Å²) in [6.07, 6.45) is 0. The molecule has 0 bridgehead atoms. The molecule has 0 spiro atoms. The number of aryl methyl sites for hydroxylation is 1. The van der Waals surface area contributed by atoms with E-state index in [1.54, 1.807) is 25.1 Å². The van der Waals surface area contributed by atoms with Crippen molar-refractivity contribution in [3.63, 3.8) is 0 Å². The lowest BCUT2D eigenvalue weighted by atomic mass is 9.96. The van der Waals surface area contributed by atoms with Crippen molar-refractivity contribution in [2.24, 2.45) is 0 Å². The number of fused-ring (bicyclic) bond motifs is 1. The first-order valence-electron chi connectivity index (χ1n) is 7.49. The predicted octanol–water partition coefficient (Wildman–Crippen LogP) is 3.78. The molecule has 0 amide bonds. The zero-order valence-electron chi connectivity index (χ0n) is 13.7. The molecule has 3 rings (SSSR count). The summed E-state index contributed by atoms with van der Waals surface area (Å²) in [5.41, 5.74) is 1.00. The Morgan fingerprint density at radius 1 is 1.00 bits per heavy atom. The van der Waals surface area contributed by atoms with Crippen LogP contribution in [0.1, 0.15) is 32.1 Å². The number of carboxylic acids is 2. The maximum absolute atomic E-state index is 11.6. The molecular weight excluding hydrogens is 404 g/mol. The number of carboxylic acid groups (broad SMARTS) is 2. The van der Waals surface area contributed by atoms with Crippen LogP contribution in [0.5, 0.6) is 5.75 Å². The molecule has 0 aliphatic heterocycles. The Hall–Kier alpha value is -3.00. The number of hydrogen-bond acceptors (Lipinski definition) is 5. The number of carbonyl (C=O) groups is 2. The van der Waals surface area contributed by atoms with Gasteiger partial charge in [-0.3, -0.25) is 0 Å². The van der Waals surface area contributed by atoms with Gasteiger partial charge in [0, 0.05) is 10.0 Å². The smallest absolute Gasteiger partial charge is 0.354 e. The van der Waals surface area contributed by atoms with Crippen molar-refractivity contribution in [1.82, 2.24) is 9.97 Å². The SMILES string of the molecule is Cc1nc2c(-c3ccccc3Br)c(C)c(C(=O)O)nc2c(O)c1C(=O)O. The second kappa shape index (κ2) is 6.38. The zero-order valence-corrected chi connectivity index (χ0v) is 15.3. The summed E-state index contributed by atoms with van der Waals surface area (Å²) in [4.78, 5) is 31.4. The molecule has 0 saturated carbocycles. The van der Waals surface area contributed by atoms with Gasteiger partial charge in [-0.25, -0.2) is 19.6 Å². The number of nitrogens with zero attached hydrogens (tertiary/aromatic N) is 2. The predicted molar refractivity (Wildman–Crippen MR) is 97.7 cm³/mol. The van der Waals surface area contributed by atoms with Gasteiger partial charge in [-0.1, -0.05) is 34.1 Å². The maximum atomic E-state index is 11.6. The van der Waals surface area contributed by atoms with Crippen LogP contribution in [0.15, 0.2) is 28.7 Å². The molecule has 3 aromatic rings. The van der Waals surface area contributed by atoms with Gasteiger partial charge in [0.2, 0.25) is 0 Å². The molecule has 0 radical (unpaired) electrons. The molecule has 0 saturated heterocycles. The summed E-state index contributed by atoms with van der Waals surface area (Å²) < 4.78 is 0.702. The van der Waals surface area contributed by atoms with E-state index in [9.17, 15) is 24.9 Å². The van der Waals surface area contributed by atoms with Crippen molar-refractivity contribution in [3.8, 4) is 16.9 Å².